The third kappa shape index (κ3) is 3.60. The molecular formula is C17H19FN2O. The summed E-state index contributed by atoms with van der Waals surface area (Å²) in [7, 11) is 3.45. The molecule has 0 saturated carbocycles. The molecule has 4 heteroatoms. The molecule has 0 saturated heterocycles. The number of amides is 1. The Labute approximate surface area is 124 Å². The molecule has 0 bridgehead atoms. The fourth-order valence-electron chi connectivity index (χ4n) is 2.11. The summed E-state index contributed by atoms with van der Waals surface area (Å²) >= 11 is 0. The number of halogens is 1. The molecule has 2 rings (SSSR count). The van der Waals surface area contributed by atoms with Gasteiger partial charge in [-0.15, -0.1) is 0 Å². The van der Waals surface area contributed by atoms with Gasteiger partial charge < -0.3 is 10.2 Å². The van der Waals surface area contributed by atoms with E-state index in [0.717, 1.165) is 16.8 Å². The van der Waals surface area contributed by atoms with Crippen molar-refractivity contribution in [2.45, 2.75) is 13.5 Å². The van der Waals surface area contributed by atoms with Gasteiger partial charge in [0, 0.05) is 26.3 Å². The molecule has 2 aromatic rings. The number of benzene rings is 2. The normalized spacial score (nSPS) is 10.3. The number of para-hydroxylation sites is 1. The minimum absolute atomic E-state index is 0.0473. The van der Waals surface area contributed by atoms with E-state index < -0.39 is 0 Å². The maximum atomic E-state index is 13.1. The molecule has 0 heterocycles. The summed E-state index contributed by atoms with van der Waals surface area (Å²) < 4.78 is 13.1. The summed E-state index contributed by atoms with van der Waals surface area (Å²) in [4.78, 5) is 13.7. The molecule has 2 aromatic carbocycles. The van der Waals surface area contributed by atoms with Crippen LogP contribution in [0, 0.1) is 12.7 Å². The third-order valence-electron chi connectivity index (χ3n) is 3.34. The molecule has 0 aliphatic carbocycles. The van der Waals surface area contributed by atoms with Crippen LogP contribution < -0.4 is 5.32 Å². The van der Waals surface area contributed by atoms with Gasteiger partial charge in [-0.3, -0.25) is 4.79 Å². The fourth-order valence-corrected chi connectivity index (χ4v) is 2.11. The quantitative estimate of drug-likeness (QED) is 0.933. The summed E-state index contributed by atoms with van der Waals surface area (Å²) in [6, 6.07) is 12.1. The molecule has 0 aliphatic heterocycles. The van der Waals surface area contributed by atoms with Crippen molar-refractivity contribution in [3.05, 3.63) is 65.0 Å². The number of rotatable bonds is 4. The number of nitrogens with one attached hydrogen (secondary N) is 1. The number of carbonyl (C=O) groups is 1. The second-order valence-electron chi connectivity index (χ2n) is 5.17. The van der Waals surface area contributed by atoms with Gasteiger partial charge in [-0.2, -0.15) is 0 Å². The molecule has 1 amide bonds. The van der Waals surface area contributed by atoms with E-state index in [1.807, 2.05) is 25.1 Å². The fraction of sp³-hybridized carbons (Fsp3) is 0.235. The Morgan fingerprint density at radius 1 is 1.19 bits per heavy atom. The van der Waals surface area contributed by atoms with Crippen LogP contribution in [0.2, 0.25) is 0 Å². The van der Waals surface area contributed by atoms with Crippen molar-refractivity contribution >= 4 is 11.6 Å². The maximum Gasteiger partial charge on any atom is 0.255 e. The highest BCUT2D eigenvalue weighted by molar-refractivity contribution is 5.99. The maximum absolute atomic E-state index is 13.1. The molecule has 0 atom stereocenters. The second-order valence-corrected chi connectivity index (χ2v) is 5.17. The summed E-state index contributed by atoms with van der Waals surface area (Å²) in [5, 5.41) is 3.26. The Morgan fingerprint density at radius 3 is 2.57 bits per heavy atom. The standard InChI is InChI=1S/C17H19FN2O/c1-12-10-14(18)9-8-13(12)11-19-16-7-5-4-6-15(16)17(21)20(2)3/h4-10,19H,11H2,1-3H3. The van der Waals surface area contributed by atoms with Crippen molar-refractivity contribution in [2.75, 3.05) is 19.4 Å². The number of hydrogen-bond donors (Lipinski definition) is 1. The van der Waals surface area contributed by atoms with Crippen molar-refractivity contribution in [1.29, 1.82) is 0 Å². The smallest absolute Gasteiger partial charge is 0.255 e. The summed E-state index contributed by atoms with van der Waals surface area (Å²) in [6.45, 7) is 2.42. The monoisotopic (exact) mass is 286 g/mol. The third-order valence-corrected chi connectivity index (χ3v) is 3.34. The summed E-state index contributed by atoms with van der Waals surface area (Å²) in [6.07, 6.45) is 0. The predicted molar refractivity (Wildman–Crippen MR) is 82.9 cm³/mol. The molecule has 0 spiro atoms. The molecule has 0 fully saturated rings. The van der Waals surface area contributed by atoms with Gasteiger partial charge in [-0.05, 0) is 42.3 Å². The average molecular weight is 286 g/mol. The number of aryl methyl sites for hydroxylation is 1. The van der Waals surface area contributed by atoms with Crippen LogP contribution in [0.5, 0.6) is 0 Å². The van der Waals surface area contributed by atoms with Gasteiger partial charge in [-0.25, -0.2) is 4.39 Å². The lowest BCUT2D eigenvalue weighted by Crippen LogP contribution is -2.22. The lowest BCUT2D eigenvalue weighted by molar-refractivity contribution is 0.0828. The van der Waals surface area contributed by atoms with Crippen LogP contribution in [0.15, 0.2) is 42.5 Å². The highest BCUT2D eigenvalue weighted by Gasteiger charge is 2.12. The van der Waals surface area contributed by atoms with Crippen LogP contribution in [0.4, 0.5) is 10.1 Å². The van der Waals surface area contributed by atoms with Crippen molar-refractivity contribution in [3.63, 3.8) is 0 Å². The first kappa shape index (κ1) is 15.0. The number of hydrogen-bond acceptors (Lipinski definition) is 2. The largest absolute Gasteiger partial charge is 0.380 e. The topological polar surface area (TPSA) is 32.3 Å². The van der Waals surface area contributed by atoms with Gasteiger partial charge in [0.1, 0.15) is 5.82 Å². The van der Waals surface area contributed by atoms with E-state index in [4.69, 9.17) is 0 Å². The van der Waals surface area contributed by atoms with Gasteiger partial charge >= 0.3 is 0 Å². The Morgan fingerprint density at radius 2 is 1.90 bits per heavy atom. The average Bonchev–Trinajstić information content (AvgIpc) is 2.46. The molecule has 3 nitrogen and oxygen atoms in total. The van der Waals surface area contributed by atoms with E-state index in [2.05, 4.69) is 5.32 Å². The number of nitrogens with zero attached hydrogens (tertiary/aromatic N) is 1. The van der Waals surface area contributed by atoms with Crippen molar-refractivity contribution in [3.8, 4) is 0 Å². The number of carbonyl (C=O) groups excluding carboxylic acids is 1. The van der Waals surface area contributed by atoms with Crippen molar-refractivity contribution < 1.29 is 9.18 Å². The van der Waals surface area contributed by atoms with E-state index in [1.54, 1.807) is 31.1 Å². The highest BCUT2D eigenvalue weighted by Crippen LogP contribution is 2.18. The molecule has 0 unspecified atom stereocenters. The second kappa shape index (κ2) is 6.39. The Kier molecular flexibility index (Phi) is 4.58. The van der Waals surface area contributed by atoms with Gasteiger partial charge in [0.05, 0.1) is 5.56 Å². The van der Waals surface area contributed by atoms with Crippen LogP contribution in [0.1, 0.15) is 21.5 Å². The molecule has 0 aromatic heterocycles. The predicted octanol–water partition coefficient (Wildman–Crippen LogP) is 3.45. The van der Waals surface area contributed by atoms with E-state index in [0.29, 0.717) is 12.1 Å². The highest BCUT2D eigenvalue weighted by atomic mass is 19.1. The first-order valence-corrected chi connectivity index (χ1v) is 6.78. The first-order chi connectivity index (χ1) is 9.99. The Balaban J connectivity index is 2.19. The zero-order valence-corrected chi connectivity index (χ0v) is 12.5. The molecule has 110 valence electrons. The van der Waals surface area contributed by atoms with Crippen molar-refractivity contribution in [1.82, 2.24) is 4.90 Å². The van der Waals surface area contributed by atoms with Gasteiger partial charge in [-0.1, -0.05) is 18.2 Å². The minimum atomic E-state index is -0.237. The first-order valence-electron chi connectivity index (χ1n) is 6.78. The number of anilines is 1. The van der Waals surface area contributed by atoms with Crippen LogP contribution in [-0.4, -0.2) is 24.9 Å². The zero-order chi connectivity index (χ0) is 15.4. The SMILES string of the molecule is Cc1cc(F)ccc1CNc1ccccc1C(=O)N(C)C. The lowest BCUT2D eigenvalue weighted by Gasteiger charge is -2.16. The van der Waals surface area contributed by atoms with E-state index in [1.165, 1.54) is 12.1 Å². The molecular weight excluding hydrogens is 267 g/mol. The Hall–Kier alpha value is -2.36. The van der Waals surface area contributed by atoms with E-state index in [9.17, 15) is 9.18 Å². The lowest BCUT2D eigenvalue weighted by atomic mass is 10.1. The van der Waals surface area contributed by atoms with E-state index >= 15 is 0 Å². The molecule has 1 N–H and O–H groups in total. The van der Waals surface area contributed by atoms with Crippen LogP contribution in [0.3, 0.4) is 0 Å². The minimum Gasteiger partial charge on any atom is -0.380 e. The van der Waals surface area contributed by atoms with Crippen molar-refractivity contribution in [2.24, 2.45) is 0 Å². The summed E-state index contributed by atoms with van der Waals surface area (Å²) in [5.41, 5.74) is 3.30. The Bertz CT molecular complexity index is 653. The molecule has 21 heavy (non-hydrogen) atoms. The molecule has 0 aliphatic rings. The van der Waals surface area contributed by atoms with Crippen LogP contribution in [0.25, 0.3) is 0 Å². The van der Waals surface area contributed by atoms with Gasteiger partial charge in [0.15, 0.2) is 0 Å². The molecule has 0 radical (unpaired) electrons. The van der Waals surface area contributed by atoms with Gasteiger partial charge in [0.25, 0.3) is 5.91 Å². The van der Waals surface area contributed by atoms with Gasteiger partial charge in [0.2, 0.25) is 0 Å². The zero-order valence-electron chi connectivity index (χ0n) is 12.5. The van der Waals surface area contributed by atoms with E-state index in [-0.39, 0.29) is 11.7 Å². The van der Waals surface area contributed by atoms with Crippen LogP contribution >= 0.6 is 0 Å². The van der Waals surface area contributed by atoms with Crippen LogP contribution in [-0.2, 0) is 6.54 Å². The summed E-state index contributed by atoms with van der Waals surface area (Å²) in [5.74, 6) is -0.284.